The van der Waals surface area contributed by atoms with E-state index in [9.17, 15) is 9.59 Å². The van der Waals surface area contributed by atoms with Crippen molar-refractivity contribution in [2.75, 3.05) is 0 Å². The molecule has 1 fully saturated rings. The molecule has 0 aliphatic carbocycles. The molecule has 4 nitrogen and oxygen atoms in total. The number of carbonyl (C=O) groups is 2. The summed E-state index contributed by atoms with van der Waals surface area (Å²) < 4.78 is 0.00149. The molecule has 3 rings (SSSR count). The fourth-order valence-corrected chi connectivity index (χ4v) is 4.74. The van der Waals surface area contributed by atoms with E-state index in [2.05, 4.69) is 5.32 Å². The van der Waals surface area contributed by atoms with Gasteiger partial charge in [-0.2, -0.15) is 0 Å². The third kappa shape index (κ3) is 4.88. The van der Waals surface area contributed by atoms with Gasteiger partial charge in [-0.25, -0.2) is 0 Å². The Kier molecular flexibility index (Phi) is 6.31. The van der Waals surface area contributed by atoms with Crippen molar-refractivity contribution in [2.24, 2.45) is 0 Å². The molecule has 1 unspecified atom stereocenters. The molecule has 1 aliphatic heterocycles. The van der Waals surface area contributed by atoms with Crippen LogP contribution in [0.3, 0.4) is 0 Å². The number of thioether (sulfide) groups is 1. The molecule has 1 N–H and O–H groups in total. The first kappa shape index (κ1) is 20.3. The molecule has 6 heteroatoms. The molecule has 0 spiro atoms. The van der Waals surface area contributed by atoms with Crippen LogP contribution in [0.5, 0.6) is 0 Å². The Balaban J connectivity index is 1.74. The lowest BCUT2D eigenvalue weighted by atomic mass is 10.0. The maximum atomic E-state index is 13.2. The molecular weight excluding hydrogens is 388 g/mol. The van der Waals surface area contributed by atoms with Crippen LogP contribution in [0.25, 0.3) is 6.08 Å². The number of nitrogens with one attached hydrogen (secondary N) is 1. The van der Waals surface area contributed by atoms with Crippen molar-refractivity contribution in [3.8, 4) is 0 Å². The molecule has 1 aliphatic rings. The zero-order valence-electron chi connectivity index (χ0n) is 15.8. The van der Waals surface area contributed by atoms with E-state index in [4.69, 9.17) is 12.2 Å². The van der Waals surface area contributed by atoms with Gasteiger partial charge >= 0.3 is 0 Å². The average molecular weight is 411 g/mol. The summed E-state index contributed by atoms with van der Waals surface area (Å²) in [5.41, 5.74) is 1.92. The van der Waals surface area contributed by atoms with Crippen LogP contribution in [-0.4, -0.2) is 31.8 Å². The second kappa shape index (κ2) is 8.71. The minimum atomic E-state index is -0.666. The first-order valence-corrected chi connectivity index (χ1v) is 10.2. The normalized spacial score (nSPS) is 19.1. The van der Waals surface area contributed by atoms with Crippen LogP contribution in [0.4, 0.5) is 0 Å². The highest BCUT2D eigenvalue weighted by Gasteiger charge is 2.46. The summed E-state index contributed by atoms with van der Waals surface area (Å²) in [5, 5.41) is 2.87. The number of carbonyl (C=O) groups excluding carboxylic acids is 2. The number of rotatable bonds is 5. The van der Waals surface area contributed by atoms with Gasteiger partial charge in [0.05, 0.1) is 6.54 Å². The van der Waals surface area contributed by atoms with Crippen LogP contribution >= 0.6 is 24.0 Å². The molecule has 2 aromatic rings. The molecule has 28 heavy (non-hydrogen) atoms. The van der Waals surface area contributed by atoms with Gasteiger partial charge in [0.2, 0.25) is 5.91 Å². The highest BCUT2D eigenvalue weighted by atomic mass is 32.2. The Morgan fingerprint density at radius 1 is 1.14 bits per heavy atom. The van der Waals surface area contributed by atoms with Gasteiger partial charge < -0.3 is 5.32 Å². The first-order valence-electron chi connectivity index (χ1n) is 8.99. The zero-order chi connectivity index (χ0) is 20.1. The van der Waals surface area contributed by atoms with Gasteiger partial charge in [-0.15, -0.1) is 0 Å². The minimum Gasteiger partial charge on any atom is -0.339 e. The highest BCUT2D eigenvalue weighted by Crippen LogP contribution is 2.37. The van der Waals surface area contributed by atoms with Gasteiger partial charge in [-0.3, -0.25) is 14.5 Å². The van der Waals surface area contributed by atoms with Gasteiger partial charge in [0.1, 0.15) is 10.4 Å². The first-order chi connectivity index (χ1) is 13.4. The third-order valence-corrected chi connectivity index (χ3v) is 6.10. The monoisotopic (exact) mass is 410 g/mol. The number of nitrogens with zero attached hydrogens (tertiary/aromatic N) is 1. The highest BCUT2D eigenvalue weighted by molar-refractivity contribution is 8.24. The molecule has 144 valence electrons. The molecular formula is C22H22N2O2S2. The molecule has 0 aromatic heterocycles. The summed E-state index contributed by atoms with van der Waals surface area (Å²) in [6.07, 6.45) is 3.19. The quantitative estimate of drug-likeness (QED) is 0.597. The number of amides is 2. The van der Waals surface area contributed by atoms with Gasteiger partial charge in [-0.05, 0) is 31.1 Å². The largest absolute Gasteiger partial charge is 0.339 e. The molecule has 1 atom stereocenters. The molecule has 0 saturated carbocycles. The second-order valence-electron chi connectivity index (χ2n) is 7.07. The Hall–Kier alpha value is -2.44. The second-order valence-corrected chi connectivity index (χ2v) is 9.36. The Morgan fingerprint density at radius 2 is 1.75 bits per heavy atom. The summed E-state index contributed by atoms with van der Waals surface area (Å²) in [6, 6.07) is 18.6. The van der Waals surface area contributed by atoms with Crippen LogP contribution in [-0.2, 0) is 16.1 Å². The van der Waals surface area contributed by atoms with E-state index in [1.54, 1.807) is 11.0 Å². The standard InChI is InChI=1S/C22H22N2O2S2/c1-22(2)19(23-18(25)14-13-16-9-5-3-6-10-16)20(26)24(21(27)28-22)15-17-11-7-4-8-12-17/h3-14,19H,15H2,1-2H3,(H,23,25)/b14-13+. The minimum absolute atomic E-state index is 0.181. The van der Waals surface area contributed by atoms with Crippen molar-refractivity contribution in [1.82, 2.24) is 10.2 Å². The van der Waals surface area contributed by atoms with E-state index in [-0.39, 0.29) is 11.8 Å². The smallest absolute Gasteiger partial charge is 0.252 e. The van der Waals surface area contributed by atoms with Crippen LogP contribution < -0.4 is 5.32 Å². The fraction of sp³-hybridized carbons (Fsp3) is 0.227. The van der Waals surface area contributed by atoms with E-state index in [0.717, 1.165) is 11.1 Å². The van der Waals surface area contributed by atoms with E-state index in [1.165, 1.54) is 17.8 Å². The van der Waals surface area contributed by atoms with Crippen LogP contribution in [0.15, 0.2) is 66.7 Å². The number of hydrogen-bond acceptors (Lipinski definition) is 4. The summed E-state index contributed by atoms with van der Waals surface area (Å²) in [7, 11) is 0. The van der Waals surface area contributed by atoms with Crippen LogP contribution in [0.1, 0.15) is 25.0 Å². The Labute approximate surface area is 175 Å². The lowest BCUT2D eigenvalue weighted by molar-refractivity contribution is -0.133. The summed E-state index contributed by atoms with van der Waals surface area (Å²) in [4.78, 5) is 27.2. The van der Waals surface area contributed by atoms with Crippen molar-refractivity contribution in [3.05, 3.63) is 77.9 Å². The number of hydrogen-bond donors (Lipinski definition) is 1. The van der Waals surface area contributed by atoms with E-state index in [1.807, 2.05) is 74.5 Å². The fourth-order valence-electron chi connectivity index (χ4n) is 2.95. The van der Waals surface area contributed by atoms with Gasteiger partial charge in [0.25, 0.3) is 5.91 Å². The van der Waals surface area contributed by atoms with Crippen molar-refractivity contribution >= 4 is 46.2 Å². The molecule has 0 radical (unpaired) electrons. The zero-order valence-corrected chi connectivity index (χ0v) is 17.4. The topological polar surface area (TPSA) is 49.4 Å². The number of thiocarbonyl (C=S) groups is 1. The maximum Gasteiger partial charge on any atom is 0.252 e. The van der Waals surface area contributed by atoms with Crippen molar-refractivity contribution in [2.45, 2.75) is 31.2 Å². The Bertz CT molecular complexity index is 895. The molecule has 0 bridgehead atoms. The predicted molar refractivity (Wildman–Crippen MR) is 119 cm³/mol. The lowest BCUT2D eigenvalue weighted by Crippen LogP contribution is -2.61. The molecule has 1 heterocycles. The van der Waals surface area contributed by atoms with Crippen molar-refractivity contribution < 1.29 is 9.59 Å². The van der Waals surface area contributed by atoms with E-state index < -0.39 is 10.8 Å². The summed E-state index contributed by atoms with van der Waals surface area (Å²) >= 11 is 6.91. The van der Waals surface area contributed by atoms with Crippen molar-refractivity contribution in [3.63, 3.8) is 0 Å². The Morgan fingerprint density at radius 3 is 2.39 bits per heavy atom. The molecule has 2 amide bonds. The van der Waals surface area contributed by atoms with E-state index in [0.29, 0.717) is 10.9 Å². The van der Waals surface area contributed by atoms with Crippen LogP contribution in [0.2, 0.25) is 0 Å². The lowest BCUT2D eigenvalue weighted by Gasteiger charge is -2.42. The third-order valence-electron chi connectivity index (χ3n) is 4.48. The summed E-state index contributed by atoms with van der Waals surface area (Å²) in [5.74, 6) is -0.484. The predicted octanol–water partition coefficient (Wildman–Crippen LogP) is 4.02. The van der Waals surface area contributed by atoms with E-state index >= 15 is 0 Å². The maximum absolute atomic E-state index is 13.2. The van der Waals surface area contributed by atoms with Gasteiger partial charge in [0, 0.05) is 10.8 Å². The molecule has 2 aromatic carbocycles. The van der Waals surface area contributed by atoms with Crippen LogP contribution in [0, 0.1) is 0 Å². The SMILES string of the molecule is CC1(C)SC(=S)N(Cc2ccccc2)C(=O)C1NC(=O)/C=C/c1ccccc1. The average Bonchev–Trinajstić information content (AvgIpc) is 2.68. The van der Waals surface area contributed by atoms with Gasteiger partial charge in [-0.1, -0.05) is 84.6 Å². The van der Waals surface area contributed by atoms with Crippen molar-refractivity contribution in [1.29, 1.82) is 0 Å². The van der Waals surface area contributed by atoms with Gasteiger partial charge in [0.15, 0.2) is 0 Å². The molecule has 1 saturated heterocycles. The number of benzene rings is 2. The summed E-state index contributed by atoms with van der Waals surface area (Å²) in [6.45, 7) is 4.25.